The highest BCUT2D eigenvalue weighted by atomic mass is 35.5. The molecule has 0 aliphatic heterocycles. The van der Waals surface area contributed by atoms with Crippen molar-refractivity contribution < 1.29 is 14.8 Å². The third-order valence-electron chi connectivity index (χ3n) is 5.21. The van der Waals surface area contributed by atoms with Crippen molar-refractivity contribution >= 4 is 35.1 Å². The zero-order chi connectivity index (χ0) is 23.6. The number of nitrogens with one attached hydrogen (secondary N) is 2. The predicted molar refractivity (Wildman–Crippen MR) is 136 cm³/mol. The Morgan fingerprint density at radius 1 is 0.794 bits per heavy atom. The number of hydrogen-bond acceptors (Lipinski definition) is 4. The van der Waals surface area contributed by atoms with Crippen molar-refractivity contribution in [2.45, 2.75) is 26.3 Å². The van der Waals surface area contributed by atoms with Crippen LogP contribution in [0.1, 0.15) is 41.5 Å². The number of pyridine rings is 1. The molecule has 7 heteroatoms. The Morgan fingerprint density at radius 3 is 1.94 bits per heavy atom. The Morgan fingerprint density at radius 2 is 1.35 bits per heavy atom. The van der Waals surface area contributed by atoms with E-state index >= 15 is 0 Å². The summed E-state index contributed by atoms with van der Waals surface area (Å²) in [6, 6.07) is 24.3. The van der Waals surface area contributed by atoms with Gasteiger partial charge in [-0.15, -0.1) is 12.4 Å². The van der Waals surface area contributed by atoms with Gasteiger partial charge in [-0.2, -0.15) is 0 Å². The Labute approximate surface area is 204 Å². The predicted octanol–water partition coefficient (Wildman–Crippen LogP) is 5.64. The van der Waals surface area contributed by atoms with Gasteiger partial charge in [0.2, 0.25) is 0 Å². The van der Waals surface area contributed by atoms with Crippen LogP contribution in [0.5, 0.6) is 0 Å². The van der Waals surface area contributed by atoms with E-state index in [0.29, 0.717) is 27.7 Å². The molecule has 6 nitrogen and oxygen atoms in total. The van der Waals surface area contributed by atoms with Gasteiger partial charge in [0.15, 0.2) is 0 Å². The minimum absolute atomic E-state index is 0. The van der Waals surface area contributed by atoms with Crippen molar-refractivity contribution in [3.05, 3.63) is 90.0 Å². The van der Waals surface area contributed by atoms with Crippen molar-refractivity contribution in [3.63, 3.8) is 0 Å². The van der Waals surface area contributed by atoms with E-state index in [9.17, 15) is 9.59 Å². The van der Waals surface area contributed by atoms with Gasteiger partial charge in [-0.1, -0.05) is 54.6 Å². The zero-order valence-corrected chi connectivity index (χ0v) is 19.9. The lowest BCUT2D eigenvalue weighted by atomic mass is 9.99. The first-order valence-electron chi connectivity index (χ1n) is 10.6. The maximum Gasteiger partial charge on any atom is 0.275 e. The molecule has 3 aromatic carbocycles. The van der Waals surface area contributed by atoms with Crippen molar-refractivity contribution in [3.8, 4) is 22.4 Å². The SMILES string of the molecule is CC(C)(C)NC(=O)c1ccc(-c2ccc(-c3cc(C(=O)NO)c4ccccc4n3)cc2)cc1.Cl. The molecule has 0 fully saturated rings. The molecule has 0 radical (unpaired) electrons. The van der Waals surface area contributed by atoms with Crippen LogP contribution in [0.25, 0.3) is 33.3 Å². The van der Waals surface area contributed by atoms with E-state index in [0.717, 1.165) is 16.7 Å². The van der Waals surface area contributed by atoms with Crippen LogP contribution in [-0.4, -0.2) is 27.5 Å². The van der Waals surface area contributed by atoms with Gasteiger partial charge >= 0.3 is 0 Å². The highest BCUT2D eigenvalue weighted by Gasteiger charge is 2.16. The van der Waals surface area contributed by atoms with Crippen molar-refractivity contribution in [1.29, 1.82) is 0 Å². The molecule has 0 aliphatic carbocycles. The van der Waals surface area contributed by atoms with Crippen LogP contribution in [0.15, 0.2) is 78.9 Å². The molecule has 1 heterocycles. The number of carbonyl (C=O) groups is 2. The molecule has 2 amide bonds. The summed E-state index contributed by atoms with van der Waals surface area (Å²) < 4.78 is 0. The highest BCUT2D eigenvalue weighted by molar-refractivity contribution is 6.06. The number of amides is 2. The topological polar surface area (TPSA) is 91.3 Å². The van der Waals surface area contributed by atoms with Gasteiger partial charge in [-0.3, -0.25) is 14.8 Å². The second-order valence-electron chi connectivity index (χ2n) is 8.87. The fourth-order valence-electron chi connectivity index (χ4n) is 3.63. The zero-order valence-electron chi connectivity index (χ0n) is 19.1. The number of para-hydroxylation sites is 1. The number of halogens is 1. The number of nitrogens with zero attached hydrogens (tertiary/aromatic N) is 1. The maximum absolute atomic E-state index is 12.3. The molecule has 1 aromatic heterocycles. The van der Waals surface area contributed by atoms with Crippen LogP contribution < -0.4 is 10.8 Å². The smallest absolute Gasteiger partial charge is 0.275 e. The van der Waals surface area contributed by atoms with E-state index in [4.69, 9.17) is 5.21 Å². The molecule has 4 aromatic rings. The van der Waals surface area contributed by atoms with Crippen LogP contribution in [0.4, 0.5) is 0 Å². The minimum Gasteiger partial charge on any atom is -0.347 e. The summed E-state index contributed by atoms with van der Waals surface area (Å²) in [5.41, 5.74) is 6.51. The van der Waals surface area contributed by atoms with Gasteiger partial charge in [-0.05, 0) is 56.2 Å². The van der Waals surface area contributed by atoms with Gasteiger partial charge in [-0.25, -0.2) is 10.5 Å². The molecule has 0 saturated carbocycles. The van der Waals surface area contributed by atoms with E-state index in [1.807, 2.05) is 87.5 Å². The lowest BCUT2D eigenvalue weighted by Crippen LogP contribution is -2.40. The summed E-state index contributed by atoms with van der Waals surface area (Å²) in [4.78, 5) is 29.2. The van der Waals surface area contributed by atoms with Crippen LogP contribution >= 0.6 is 12.4 Å². The van der Waals surface area contributed by atoms with E-state index in [2.05, 4.69) is 10.3 Å². The van der Waals surface area contributed by atoms with E-state index < -0.39 is 5.91 Å². The Hall–Kier alpha value is -3.74. The number of hydrogen-bond donors (Lipinski definition) is 3. The summed E-state index contributed by atoms with van der Waals surface area (Å²) in [7, 11) is 0. The Bertz CT molecular complexity index is 1330. The van der Waals surface area contributed by atoms with Crippen LogP contribution in [-0.2, 0) is 0 Å². The monoisotopic (exact) mass is 475 g/mol. The van der Waals surface area contributed by atoms with Gasteiger partial charge < -0.3 is 5.32 Å². The third kappa shape index (κ3) is 5.42. The molecule has 0 atom stereocenters. The first-order chi connectivity index (χ1) is 15.7. The molecule has 3 N–H and O–H groups in total. The van der Waals surface area contributed by atoms with Gasteiger partial charge in [0, 0.05) is 22.1 Å². The molecule has 0 bridgehead atoms. The summed E-state index contributed by atoms with van der Waals surface area (Å²) in [6.45, 7) is 5.85. The van der Waals surface area contributed by atoms with Gasteiger partial charge in [0.1, 0.15) is 0 Å². The molecule has 0 unspecified atom stereocenters. The second-order valence-corrected chi connectivity index (χ2v) is 8.87. The van der Waals surface area contributed by atoms with Crippen molar-refractivity contribution in [2.75, 3.05) is 0 Å². The standard InChI is InChI=1S/C27H25N3O3.ClH/c1-27(2,3)29-25(31)20-14-10-18(11-15-20)17-8-12-19(13-9-17)24-16-22(26(32)30-33)21-6-4-5-7-23(21)28-24;/h4-16,33H,1-3H3,(H,29,31)(H,30,32);1H. The lowest BCUT2D eigenvalue weighted by Gasteiger charge is -2.20. The molecular weight excluding hydrogens is 450 g/mol. The van der Waals surface area contributed by atoms with Crippen molar-refractivity contribution in [1.82, 2.24) is 15.8 Å². The number of benzene rings is 3. The van der Waals surface area contributed by atoms with E-state index in [1.165, 1.54) is 0 Å². The van der Waals surface area contributed by atoms with Crippen LogP contribution in [0.3, 0.4) is 0 Å². The van der Waals surface area contributed by atoms with E-state index in [-0.39, 0.29) is 23.9 Å². The average Bonchev–Trinajstić information content (AvgIpc) is 2.82. The maximum atomic E-state index is 12.3. The highest BCUT2D eigenvalue weighted by Crippen LogP contribution is 2.28. The first-order valence-corrected chi connectivity index (χ1v) is 10.6. The van der Waals surface area contributed by atoms with Crippen LogP contribution in [0.2, 0.25) is 0 Å². The number of rotatable bonds is 4. The molecular formula is C27H26ClN3O3. The van der Waals surface area contributed by atoms with Crippen LogP contribution in [0, 0.1) is 0 Å². The van der Waals surface area contributed by atoms with Crippen molar-refractivity contribution in [2.24, 2.45) is 0 Å². The minimum atomic E-state index is -0.581. The molecule has 0 aliphatic rings. The second kappa shape index (κ2) is 10.0. The number of carbonyl (C=O) groups excluding carboxylic acids is 2. The summed E-state index contributed by atoms with van der Waals surface area (Å²) in [5.74, 6) is -0.684. The largest absolute Gasteiger partial charge is 0.347 e. The number of aromatic nitrogens is 1. The molecule has 174 valence electrons. The summed E-state index contributed by atoms with van der Waals surface area (Å²) in [5, 5.41) is 12.8. The Balaban J connectivity index is 0.00000324. The number of hydroxylamine groups is 1. The Kier molecular flexibility index (Phi) is 7.35. The van der Waals surface area contributed by atoms with E-state index in [1.54, 1.807) is 17.6 Å². The first kappa shape index (κ1) is 24.9. The molecule has 34 heavy (non-hydrogen) atoms. The molecule has 0 saturated heterocycles. The average molecular weight is 476 g/mol. The fraction of sp³-hybridized carbons (Fsp3) is 0.148. The summed E-state index contributed by atoms with van der Waals surface area (Å²) in [6.07, 6.45) is 0. The number of fused-ring (bicyclic) bond motifs is 1. The third-order valence-corrected chi connectivity index (χ3v) is 5.21. The molecule has 0 spiro atoms. The molecule has 4 rings (SSSR count). The van der Waals surface area contributed by atoms with Gasteiger partial charge in [0.25, 0.3) is 11.8 Å². The normalized spacial score (nSPS) is 10.9. The van der Waals surface area contributed by atoms with Gasteiger partial charge in [0.05, 0.1) is 16.8 Å². The summed E-state index contributed by atoms with van der Waals surface area (Å²) >= 11 is 0. The lowest BCUT2D eigenvalue weighted by molar-refractivity contribution is 0.0708. The quantitative estimate of drug-likeness (QED) is 0.263. The fourth-order valence-corrected chi connectivity index (χ4v) is 3.63.